The number of sulfonamides is 1. The highest BCUT2D eigenvalue weighted by Crippen LogP contribution is 2.64. The zero-order valence-electron chi connectivity index (χ0n) is 15.5. The van der Waals surface area contributed by atoms with Gasteiger partial charge in [-0.2, -0.15) is 4.31 Å². The van der Waals surface area contributed by atoms with Crippen LogP contribution in [0.5, 0.6) is 0 Å². The molecule has 1 saturated heterocycles. The Labute approximate surface area is 159 Å². The highest BCUT2D eigenvalue weighted by atomic mass is 32.2. The number of fused-ring (bicyclic) bond motifs is 2. The SMILES string of the molecule is CC1(C)C2CCC1(CS(=O)(=O)N1CSCC1C(=O)NCC1CC1)C(=O)C2. The van der Waals surface area contributed by atoms with Crippen LogP contribution in [0.4, 0.5) is 0 Å². The molecule has 3 atom stereocenters. The Morgan fingerprint density at radius 2 is 2.04 bits per heavy atom. The zero-order valence-corrected chi connectivity index (χ0v) is 17.1. The fourth-order valence-corrected chi connectivity index (χ4v) is 9.10. The van der Waals surface area contributed by atoms with Crippen LogP contribution in [-0.4, -0.2) is 54.4 Å². The molecule has 1 N–H and O–H groups in total. The number of Topliss-reactive ketones (excluding diaryl/α,β-unsaturated/α-hetero) is 1. The van der Waals surface area contributed by atoms with Gasteiger partial charge >= 0.3 is 0 Å². The van der Waals surface area contributed by atoms with Crippen molar-refractivity contribution in [3.05, 3.63) is 0 Å². The first-order valence-corrected chi connectivity index (χ1v) is 12.3. The maximum Gasteiger partial charge on any atom is 0.239 e. The first kappa shape index (κ1) is 18.7. The van der Waals surface area contributed by atoms with Crippen LogP contribution in [0.25, 0.3) is 0 Å². The van der Waals surface area contributed by atoms with E-state index in [-0.39, 0.29) is 28.8 Å². The molecule has 4 aliphatic rings. The third-order valence-electron chi connectivity index (χ3n) is 7.33. The van der Waals surface area contributed by atoms with Crippen molar-refractivity contribution in [2.24, 2.45) is 22.7 Å². The second kappa shape index (κ2) is 6.21. The first-order valence-electron chi connectivity index (χ1n) is 9.56. The predicted octanol–water partition coefficient (Wildman–Crippen LogP) is 1.61. The van der Waals surface area contributed by atoms with Gasteiger partial charge in [0.15, 0.2) is 0 Å². The molecule has 4 fully saturated rings. The summed E-state index contributed by atoms with van der Waals surface area (Å²) in [7, 11) is -3.68. The van der Waals surface area contributed by atoms with Crippen molar-refractivity contribution in [3.8, 4) is 0 Å². The topological polar surface area (TPSA) is 83.6 Å². The summed E-state index contributed by atoms with van der Waals surface area (Å²) in [4.78, 5) is 25.2. The molecule has 0 spiro atoms. The lowest BCUT2D eigenvalue weighted by Gasteiger charge is -2.37. The highest BCUT2D eigenvalue weighted by Gasteiger charge is 2.66. The first-order chi connectivity index (χ1) is 12.2. The predicted molar refractivity (Wildman–Crippen MR) is 101 cm³/mol. The maximum atomic E-state index is 13.3. The Morgan fingerprint density at radius 3 is 2.62 bits per heavy atom. The Bertz CT molecular complexity index is 731. The molecule has 8 heteroatoms. The molecular weight excluding hydrogens is 372 g/mol. The van der Waals surface area contributed by atoms with E-state index in [2.05, 4.69) is 5.32 Å². The standard InChI is InChI=1S/C18H28N2O4S2/c1-17(2)13-5-6-18(17,15(21)7-13)10-26(23,24)20-11-25-9-14(20)16(22)19-8-12-3-4-12/h12-14H,3-11H2,1-2H3,(H,19,22). The van der Waals surface area contributed by atoms with E-state index in [1.54, 1.807) is 0 Å². The summed E-state index contributed by atoms with van der Waals surface area (Å²) in [5.74, 6) is 1.41. The van der Waals surface area contributed by atoms with E-state index in [9.17, 15) is 18.0 Å². The average Bonchev–Trinajstić information content (AvgIpc) is 3.15. The minimum absolute atomic E-state index is 0.101. The van der Waals surface area contributed by atoms with Crippen molar-refractivity contribution < 1.29 is 18.0 Å². The maximum absolute atomic E-state index is 13.3. The Kier molecular flexibility index (Phi) is 4.47. The summed E-state index contributed by atoms with van der Waals surface area (Å²) in [6.45, 7) is 4.73. The fraction of sp³-hybridized carbons (Fsp3) is 0.889. The number of carbonyl (C=O) groups is 2. The summed E-state index contributed by atoms with van der Waals surface area (Å²) in [6.07, 6.45) is 4.37. The van der Waals surface area contributed by atoms with E-state index < -0.39 is 21.5 Å². The summed E-state index contributed by atoms with van der Waals surface area (Å²) < 4.78 is 27.9. The van der Waals surface area contributed by atoms with Crippen molar-refractivity contribution >= 4 is 33.5 Å². The zero-order chi connectivity index (χ0) is 18.7. The molecule has 3 unspecified atom stereocenters. The highest BCUT2D eigenvalue weighted by molar-refractivity contribution is 8.00. The monoisotopic (exact) mass is 400 g/mol. The molecule has 4 rings (SSSR count). The molecule has 0 aromatic rings. The smallest absolute Gasteiger partial charge is 0.239 e. The van der Waals surface area contributed by atoms with E-state index in [1.165, 1.54) is 16.1 Å². The number of hydrogen-bond donors (Lipinski definition) is 1. The van der Waals surface area contributed by atoms with Gasteiger partial charge in [0.1, 0.15) is 11.8 Å². The molecule has 26 heavy (non-hydrogen) atoms. The van der Waals surface area contributed by atoms with Crippen molar-refractivity contribution in [1.82, 2.24) is 9.62 Å². The third kappa shape index (κ3) is 2.83. The summed E-state index contributed by atoms with van der Waals surface area (Å²) in [5.41, 5.74) is -1.06. The number of hydrogen-bond acceptors (Lipinski definition) is 5. The van der Waals surface area contributed by atoms with Crippen molar-refractivity contribution in [1.29, 1.82) is 0 Å². The third-order valence-corrected chi connectivity index (χ3v) is 10.5. The van der Waals surface area contributed by atoms with Gasteiger partial charge in [0.25, 0.3) is 0 Å². The van der Waals surface area contributed by atoms with E-state index in [0.29, 0.717) is 36.9 Å². The number of amides is 1. The number of rotatable bonds is 6. The lowest BCUT2D eigenvalue weighted by atomic mass is 9.70. The van der Waals surface area contributed by atoms with Crippen LogP contribution >= 0.6 is 11.8 Å². The Morgan fingerprint density at radius 1 is 1.31 bits per heavy atom. The molecule has 6 nitrogen and oxygen atoms in total. The fourth-order valence-electron chi connectivity index (χ4n) is 5.10. The molecule has 146 valence electrons. The number of nitrogens with one attached hydrogen (secondary N) is 1. The molecule has 1 aliphatic heterocycles. The lowest BCUT2D eigenvalue weighted by molar-refractivity contribution is -0.128. The molecule has 0 radical (unpaired) electrons. The molecule has 0 aromatic heterocycles. The van der Waals surface area contributed by atoms with Gasteiger partial charge in [0, 0.05) is 24.1 Å². The van der Waals surface area contributed by atoms with Gasteiger partial charge in [-0.05, 0) is 42.9 Å². The Hall–Kier alpha value is -0.600. The second-order valence-corrected chi connectivity index (χ2v) is 11.9. The molecule has 3 aliphatic carbocycles. The van der Waals surface area contributed by atoms with Crippen molar-refractivity contribution in [3.63, 3.8) is 0 Å². The van der Waals surface area contributed by atoms with E-state index in [1.807, 2.05) is 13.8 Å². The average molecular weight is 401 g/mol. The van der Waals surface area contributed by atoms with Crippen LogP contribution < -0.4 is 5.32 Å². The van der Waals surface area contributed by atoms with Gasteiger partial charge in [-0.1, -0.05) is 13.8 Å². The van der Waals surface area contributed by atoms with Gasteiger partial charge in [0.2, 0.25) is 15.9 Å². The molecule has 1 heterocycles. The summed E-state index contributed by atoms with van der Waals surface area (Å²) >= 11 is 1.47. The van der Waals surface area contributed by atoms with Crippen LogP contribution in [0.2, 0.25) is 0 Å². The van der Waals surface area contributed by atoms with Gasteiger partial charge < -0.3 is 5.32 Å². The minimum atomic E-state index is -3.68. The lowest BCUT2D eigenvalue weighted by Crippen LogP contribution is -2.52. The minimum Gasteiger partial charge on any atom is -0.354 e. The van der Waals surface area contributed by atoms with Crippen LogP contribution in [0.1, 0.15) is 46.0 Å². The quantitative estimate of drug-likeness (QED) is 0.732. The molecule has 1 amide bonds. The van der Waals surface area contributed by atoms with Gasteiger partial charge in [-0.15, -0.1) is 11.8 Å². The molecule has 2 bridgehead atoms. The number of ketones is 1. The van der Waals surface area contributed by atoms with Crippen LogP contribution in [-0.2, 0) is 19.6 Å². The van der Waals surface area contributed by atoms with E-state index in [0.717, 1.165) is 19.3 Å². The number of thioether (sulfide) groups is 1. The second-order valence-electron chi connectivity index (χ2n) is 9.01. The van der Waals surface area contributed by atoms with Crippen LogP contribution in [0.3, 0.4) is 0 Å². The molecule has 0 aromatic carbocycles. The molecular formula is C18H28N2O4S2. The van der Waals surface area contributed by atoms with Gasteiger partial charge in [-0.3, -0.25) is 9.59 Å². The van der Waals surface area contributed by atoms with Gasteiger partial charge in [0.05, 0.1) is 11.6 Å². The summed E-state index contributed by atoms with van der Waals surface area (Å²) in [6, 6.07) is -0.642. The van der Waals surface area contributed by atoms with Crippen molar-refractivity contribution in [2.45, 2.75) is 52.0 Å². The van der Waals surface area contributed by atoms with Crippen LogP contribution in [0.15, 0.2) is 0 Å². The molecule has 3 saturated carbocycles. The summed E-state index contributed by atoms with van der Waals surface area (Å²) in [5, 5.41) is 2.91. The number of nitrogens with zero attached hydrogens (tertiary/aromatic N) is 1. The van der Waals surface area contributed by atoms with Crippen molar-refractivity contribution in [2.75, 3.05) is 23.9 Å². The Balaban J connectivity index is 1.52. The van der Waals surface area contributed by atoms with Crippen LogP contribution in [0, 0.1) is 22.7 Å². The largest absolute Gasteiger partial charge is 0.354 e. The van der Waals surface area contributed by atoms with Gasteiger partial charge in [-0.25, -0.2) is 8.42 Å². The normalized spacial score (nSPS) is 36.6. The van der Waals surface area contributed by atoms with E-state index >= 15 is 0 Å². The van der Waals surface area contributed by atoms with E-state index in [4.69, 9.17) is 0 Å². The number of carbonyl (C=O) groups excluding carboxylic acids is 2.